The van der Waals surface area contributed by atoms with Gasteiger partial charge in [-0.1, -0.05) is 37.3 Å². The van der Waals surface area contributed by atoms with Gasteiger partial charge < -0.3 is 19.7 Å². The molecule has 0 fully saturated rings. The first-order chi connectivity index (χ1) is 14.6. The van der Waals surface area contributed by atoms with Gasteiger partial charge in [0.25, 0.3) is 0 Å². The number of carbonyl (C=O) groups excluding carboxylic acids is 1. The molecule has 0 saturated heterocycles. The van der Waals surface area contributed by atoms with Crippen LogP contribution in [0.4, 0.5) is 0 Å². The monoisotopic (exact) mass is 420 g/mol. The lowest BCUT2D eigenvalue weighted by Gasteiger charge is -2.35. The minimum Gasteiger partial charge on any atom is -0.506 e. The third-order valence-corrected chi connectivity index (χ3v) is 5.72. The van der Waals surface area contributed by atoms with Crippen LogP contribution in [0.1, 0.15) is 54.7 Å². The number of phenols is 1. The molecule has 160 valence electrons. The highest BCUT2D eigenvalue weighted by Gasteiger charge is 2.40. The zero-order chi connectivity index (χ0) is 22.5. The normalized spacial score (nSPS) is 21.5. The number of carbonyl (C=O) groups is 2. The molecule has 0 aliphatic carbocycles. The molecule has 0 aromatic heterocycles. The van der Waals surface area contributed by atoms with Crippen LogP contribution in [0.25, 0.3) is 11.6 Å². The lowest BCUT2D eigenvalue weighted by Crippen LogP contribution is -2.35. The predicted molar refractivity (Wildman–Crippen MR) is 117 cm³/mol. The van der Waals surface area contributed by atoms with Gasteiger partial charge in [0.1, 0.15) is 34.5 Å². The zero-order valence-electron chi connectivity index (χ0n) is 17.8. The Morgan fingerprint density at radius 3 is 2.45 bits per heavy atom. The van der Waals surface area contributed by atoms with Crippen molar-refractivity contribution in [2.75, 3.05) is 0 Å². The maximum Gasteiger partial charge on any atom is 0.328 e. The molecule has 0 bridgehead atoms. The van der Waals surface area contributed by atoms with E-state index >= 15 is 0 Å². The van der Waals surface area contributed by atoms with E-state index in [0.717, 1.165) is 6.08 Å². The van der Waals surface area contributed by atoms with Crippen LogP contribution in [-0.2, 0) is 4.79 Å². The minimum atomic E-state index is -1.18. The van der Waals surface area contributed by atoms with Crippen molar-refractivity contribution in [2.24, 2.45) is 5.92 Å². The van der Waals surface area contributed by atoms with Crippen LogP contribution in [0.5, 0.6) is 17.2 Å². The van der Waals surface area contributed by atoms with Crippen molar-refractivity contribution in [1.29, 1.82) is 0 Å². The number of hydrogen-bond acceptors (Lipinski definition) is 5. The molecule has 2 heterocycles. The van der Waals surface area contributed by atoms with E-state index in [1.807, 2.05) is 26.0 Å². The maximum absolute atomic E-state index is 13.2. The summed E-state index contributed by atoms with van der Waals surface area (Å²) in [6.45, 7) is 7.26. The first-order valence-corrected chi connectivity index (χ1v) is 10.1. The van der Waals surface area contributed by atoms with Crippen molar-refractivity contribution in [3.05, 3.63) is 64.7 Å². The second-order valence-electron chi connectivity index (χ2n) is 8.45. The minimum absolute atomic E-state index is 0.0551. The van der Waals surface area contributed by atoms with Crippen molar-refractivity contribution in [1.82, 2.24) is 0 Å². The molecule has 2 aromatic carbocycles. The fraction of sp³-hybridized carbons (Fsp3) is 0.280. The van der Waals surface area contributed by atoms with Gasteiger partial charge in [-0.15, -0.1) is 0 Å². The Bertz CT molecular complexity index is 1140. The summed E-state index contributed by atoms with van der Waals surface area (Å²) < 4.78 is 12.2. The van der Waals surface area contributed by atoms with Crippen LogP contribution >= 0.6 is 0 Å². The van der Waals surface area contributed by atoms with Gasteiger partial charge in [0.05, 0.1) is 17.0 Å². The molecule has 2 aliphatic heterocycles. The lowest BCUT2D eigenvalue weighted by molar-refractivity contribution is -0.131. The number of carboxylic acids is 1. The van der Waals surface area contributed by atoms with E-state index in [0.29, 0.717) is 11.1 Å². The lowest BCUT2D eigenvalue weighted by atomic mass is 9.83. The first kappa shape index (κ1) is 20.7. The van der Waals surface area contributed by atoms with Crippen molar-refractivity contribution in [3.63, 3.8) is 0 Å². The molecule has 2 atom stereocenters. The summed E-state index contributed by atoms with van der Waals surface area (Å²) in [6.07, 6.45) is 4.29. The second-order valence-corrected chi connectivity index (χ2v) is 8.45. The molecule has 6 heteroatoms. The van der Waals surface area contributed by atoms with E-state index in [1.54, 1.807) is 44.2 Å². The topological polar surface area (TPSA) is 93.1 Å². The molecular weight excluding hydrogens is 396 g/mol. The molecule has 0 saturated carbocycles. The summed E-state index contributed by atoms with van der Waals surface area (Å²) in [4.78, 5) is 24.9. The molecule has 0 spiro atoms. The number of ketones is 1. The van der Waals surface area contributed by atoms with Crippen LogP contribution in [0.3, 0.4) is 0 Å². The highest BCUT2D eigenvalue weighted by molar-refractivity contribution is 6.09. The van der Waals surface area contributed by atoms with Crippen molar-refractivity contribution in [2.45, 2.75) is 39.4 Å². The smallest absolute Gasteiger partial charge is 0.328 e. The number of phenolic OH excluding ortho intramolecular Hbond substituents is 1. The Hall–Kier alpha value is -3.54. The number of benzene rings is 2. The quantitative estimate of drug-likeness (QED) is 0.700. The Kier molecular flexibility index (Phi) is 4.88. The summed E-state index contributed by atoms with van der Waals surface area (Å²) in [5, 5.41) is 20.9. The average molecular weight is 420 g/mol. The summed E-state index contributed by atoms with van der Waals surface area (Å²) in [7, 11) is 0. The van der Waals surface area contributed by atoms with Crippen molar-refractivity contribution in [3.8, 4) is 17.2 Å². The number of Topliss-reactive ketones (excluding diaryl/α,β-unsaturated/α-hetero) is 1. The van der Waals surface area contributed by atoms with E-state index in [1.165, 1.54) is 0 Å². The number of aromatic hydroxyl groups is 1. The molecule has 2 aromatic rings. The van der Waals surface area contributed by atoms with E-state index < -0.39 is 17.5 Å². The van der Waals surface area contributed by atoms with Crippen LogP contribution in [0, 0.1) is 5.92 Å². The largest absolute Gasteiger partial charge is 0.506 e. The number of hydrogen-bond donors (Lipinski definition) is 2. The van der Waals surface area contributed by atoms with Crippen LogP contribution < -0.4 is 9.47 Å². The second kappa shape index (κ2) is 7.30. The number of ether oxygens (including phenoxy) is 2. The molecular formula is C25H24O6. The fourth-order valence-corrected chi connectivity index (χ4v) is 3.92. The van der Waals surface area contributed by atoms with Gasteiger partial charge in [-0.2, -0.15) is 0 Å². The maximum atomic E-state index is 13.2. The average Bonchev–Trinajstić information content (AvgIpc) is 2.70. The molecule has 0 amide bonds. The van der Waals surface area contributed by atoms with Gasteiger partial charge in [-0.25, -0.2) is 4.79 Å². The molecule has 31 heavy (non-hydrogen) atoms. The Morgan fingerprint density at radius 1 is 1.13 bits per heavy atom. The van der Waals surface area contributed by atoms with E-state index in [-0.39, 0.29) is 45.8 Å². The van der Waals surface area contributed by atoms with Crippen LogP contribution in [0.2, 0.25) is 0 Å². The van der Waals surface area contributed by atoms with Crippen LogP contribution in [0.15, 0.2) is 42.5 Å². The summed E-state index contributed by atoms with van der Waals surface area (Å²) in [5.41, 5.74) is 0.851. The summed E-state index contributed by atoms with van der Waals surface area (Å²) in [5.74, 6) is -1.68. The number of rotatable bonds is 3. The SMILES string of the molecule is C[C@@H]1Oc2c3c(c(/C(=C/C(=O)O)c4ccccc4)c(O)c2C(=O)[C@H]1C)OC(C)(C)C=C3. The summed E-state index contributed by atoms with van der Waals surface area (Å²) >= 11 is 0. The summed E-state index contributed by atoms with van der Waals surface area (Å²) in [6, 6.07) is 8.85. The van der Waals surface area contributed by atoms with Gasteiger partial charge >= 0.3 is 5.97 Å². The number of carboxylic acid groups (broad SMARTS) is 1. The Morgan fingerprint density at radius 2 is 1.81 bits per heavy atom. The van der Waals surface area contributed by atoms with Gasteiger partial charge in [-0.05, 0) is 38.5 Å². The fourth-order valence-electron chi connectivity index (χ4n) is 3.92. The molecule has 2 N–H and O–H groups in total. The van der Waals surface area contributed by atoms with Crippen molar-refractivity contribution < 1.29 is 29.3 Å². The molecule has 4 rings (SSSR count). The van der Waals surface area contributed by atoms with E-state index in [2.05, 4.69) is 0 Å². The zero-order valence-corrected chi connectivity index (χ0v) is 17.8. The van der Waals surface area contributed by atoms with Gasteiger partial charge in [0.15, 0.2) is 5.78 Å². The van der Waals surface area contributed by atoms with Crippen LogP contribution in [-0.4, -0.2) is 33.7 Å². The highest BCUT2D eigenvalue weighted by atomic mass is 16.5. The molecule has 6 nitrogen and oxygen atoms in total. The highest BCUT2D eigenvalue weighted by Crippen LogP contribution is 2.53. The Balaban J connectivity index is 2.11. The molecule has 0 radical (unpaired) electrons. The van der Waals surface area contributed by atoms with Gasteiger partial charge in [-0.3, -0.25) is 4.79 Å². The van der Waals surface area contributed by atoms with E-state index in [9.17, 15) is 19.8 Å². The van der Waals surface area contributed by atoms with Crippen molar-refractivity contribution >= 4 is 23.4 Å². The number of aliphatic carboxylic acids is 1. The first-order valence-electron chi connectivity index (χ1n) is 10.1. The third kappa shape index (κ3) is 3.48. The molecule has 0 unspecified atom stereocenters. The van der Waals surface area contributed by atoms with Gasteiger partial charge in [0.2, 0.25) is 0 Å². The Labute approximate surface area is 180 Å². The van der Waals surface area contributed by atoms with E-state index in [4.69, 9.17) is 9.47 Å². The molecule has 2 aliphatic rings. The number of fused-ring (bicyclic) bond motifs is 3. The third-order valence-electron chi connectivity index (χ3n) is 5.72. The standard InChI is InChI=1S/C25H24O6/c1-13-14(2)30-23-16-10-11-25(3,4)31-24(16)19(22(29)20(23)21(13)28)17(12-18(26)27)15-8-6-5-7-9-15/h5-14,29H,1-4H3,(H,26,27)/b17-12+/t13-,14-/m0/s1. The van der Waals surface area contributed by atoms with Gasteiger partial charge in [0, 0.05) is 11.6 Å². The predicted octanol–water partition coefficient (Wildman–Crippen LogP) is 4.69.